The number of hydrogen-bond donors (Lipinski definition) is 1. The van der Waals surface area contributed by atoms with Crippen molar-refractivity contribution in [2.24, 2.45) is 7.05 Å². The molecule has 0 saturated carbocycles. The van der Waals surface area contributed by atoms with Crippen LogP contribution >= 0.6 is 11.8 Å². The van der Waals surface area contributed by atoms with Crippen molar-refractivity contribution in [2.45, 2.75) is 10.6 Å². The first-order valence-corrected chi connectivity index (χ1v) is 9.66. The SMILES string of the molecule is Cn1cc(C(=O)Nc2ccc(SCc3cccnc3)cc2)c2ccccc21. The third kappa shape index (κ3) is 3.88. The molecule has 2 aromatic heterocycles. The third-order valence-corrected chi connectivity index (χ3v) is 5.47. The van der Waals surface area contributed by atoms with Crippen molar-refractivity contribution in [1.82, 2.24) is 9.55 Å². The first-order valence-electron chi connectivity index (χ1n) is 8.68. The van der Waals surface area contributed by atoms with Crippen LogP contribution < -0.4 is 5.32 Å². The molecule has 27 heavy (non-hydrogen) atoms. The number of rotatable bonds is 5. The Morgan fingerprint density at radius 1 is 1.07 bits per heavy atom. The number of aromatic nitrogens is 2. The molecule has 2 aromatic carbocycles. The molecule has 0 bridgehead atoms. The number of pyridine rings is 1. The van der Waals surface area contributed by atoms with Crippen molar-refractivity contribution < 1.29 is 4.79 Å². The van der Waals surface area contributed by atoms with Gasteiger partial charge in [0.1, 0.15) is 0 Å². The average Bonchev–Trinajstić information content (AvgIpc) is 3.05. The molecule has 4 aromatic rings. The summed E-state index contributed by atoms with van der Waals surface area (Å²) in [5.74, 6) is 0.776. The molecule has 1 amide bonds. The number of aryl methyl sites for hydroxylation is 1. The van der Waals surface area contributed by atoms with Crippen LogP contribution in [0.1, 0.15) is 15.9 Å². The fourth-order valence-electron chi connectivity index (χ4n) is 3.01. The van der Waals surface area contributed by atoms with Gasteiger partial charge < -0.3 is 9.88 Å². The second kappa shape index (κ2) is 7.68. The lowest BCUT2D eigenvalue weighted by Crippen LogP contribution is -2.11. The number of thioether (sulfide) groups is 1. The largest absolute Gasteiger partial charge is 0.350 e. The molecule has 0 aliphatic carbocycles. The Labute approximate surface area is 162 Å². The van der Waals surface area contributed by atoms with Gasteiger partial charge in [0, 0.05) is 52.9 Å². The van der Waals surface area contributed by atoms with Gasteiger partial charge in [0.2, 0.25) is 0 Å². The van der Waals surface area contributed by atoms with Crippen molar-refractivity contribution in [3.8, 4) is 0 Å². The molecule has 0 radical (unpaired) electrons. The molecule has 5 heteroatoms. The summed E-state index contributed by atoms with van der Waals surface area (Å²) in [7, 11) is 1.95. The summed E-state index contributed by atoms with van der Waals surface area (Å²) in [6.07, 6.45) is 5.53. The zero-order valence-corrected chi connectivity index (χ0v) is 15.7. The van der Waals surface area contributed by atoms with E-state index in [2.05, 4.69) is 16.4 Å². The van der Waals surface area contributed by atoms with E-state index >= 15 is 0 Å². The van der Waals surface area contributed by atoms with Gasteiger partial charge in [-0.2, -0.15) is 0 Å². The normalized spacial score (nSPS) is 10.9. The van der Waals surface area contributed by atoms with Crippen molar-refractivity contribution in [3.05, 3.63) is 90.4 Å². The molecule has 2 heterocycles. The van der Waals surface area contributed by atoms with Crippen molar-refractivity contribution >= 4 is 34.3 Å². The maximum atomic E-state index is 12.7. The van der Waals surface area contributed by atoms with Crippen molar-refractivity contribution in [3.63, 3.8) is 0 Å². The molecule has 0 aliphatic rings. The van der Waals surface area contributed by atoms with Gasteiger partial charge in [0.25, 0.3) is 5.91 Å². The first-order chi connectivity index (χ1) is 13.2. The number of carbonyl (C=O) groups excluding carboxylic acids is 1. The average molecular weight is 373 g/mol. The number of hydrogen-bond acceptors (Lipinski definition) is 3. The molecule has 0 saturated heterocycles. The smallest absolute Gasteiger partial charge is 0.257 e. The van der Waals surface area contributed by atoms with E-state index in [-0.39, 0.29) is 5.91 Å². The Morgan fingerprint density at radius 3 is 2.67 bits per heavy atom. The first kappa shape index (κ1) is 17.4. The van der Waals surface area contributed by atoms with Crippen LogP contribution in [0.5, 0.6) is 0 Å². The maximum Gasteiger partial charge on any atom is 0.257 e. The van der Waals surface area contributed by atoms with Gasteiger partial charge in [-0.15, -0.1) is 11.8 Å². The highest BCUT2D eigenvalue weighted by molar-refractivity contribution is 7.98. The minimum absolute atomic E-state index is 0.0948. The zero-order valence-electron chi connectivity index (χ0n) is 14.9. The summed E-state index contributed by atoms with van der Waals surface area (Å²) in [4.78, 5) is 18.0. The highest BCUT2D eigenvalue weighted by Crippen LogP contribution is 2.25. The maximum absolute atomic E-state index is 12.7. The number of anilines is 1. The van der Waals surface area contributed by atoms with Gasteiger partial charge in [-0.3, -0.25) is 9.78 Å². The van der Waals surface area contributed by atoms with Crippen LogP contribution in [0.25, 0.3) is 10.9 Å². The molecule has 0 aliphatic heterocycles. The predicted octanol–water partition coefficient (Wildman–Crippen LogP) is 5.12. The molecule has 4 rings (SSSR count). The molecule has 4 nitrogen and oxygen atoms in total. The highest BCUT2D eigenvalue weighted by atomic mass is 32.2. The van der Waals surface area contributed by atoms with Gasteiger partial charge in [-0.25, -0.2) is 0 Å². The van der Waals surface area contributed by atoms with E-state index in [1.165, 1.54) is 5.56 Å². The van der Waals surface area contributed by atoms with Crippen LogP contribution in [-0.2, 0) is 12.8 Å². The summed E-state index contributed by atoms with van der Waals surface area (Å²) in [5.41, 5.74) is 3.71. The van der Waals surface area contributed by atoms with E-state index in [9.17, 15) is 4.79 Å². The second-order valence-electron chi connectivity index (χ2n) is 6.30. The number of nitrogens with one attached hydrogen (secondary N) is 1. The topological polar surface area (TPSA) is 46.9 Å². The number of fused-ring (bicyclic) bond motifs is 1. The van der Waals surface area contributed by atoms with Crippen LogP contribution in [0, 0.1) is 0 Å². The summed E-state index contributed by atoms with van der Waals surface area (Å²) in [5, 5.41) is 3.95. The van der Waals surface area contributed by atoms with E-state index in [0.29, 0.717) is 5.56 Å². The Kier molecular flexibility index (Phi) is 4.94. The minimum atomic E-state index is -0.0948. The lowest BCUT2D eigenvalue weighted by Gasteiger charge is -2.06. The van der Waals surface area contributed by atoms with E-state index in [4.69, 9.17) is 0 Å². The highest BCUT2D eigenvalue weighted by Gasteiger charge is 2.13. The Bertz CT molecular complexity index is 1070. The Hall–Kier alpha value is -3.05. The molecule has 0 fully saturated rings. The molecule has 0 atom stereocenters. The van der Waals surface area contributed by atoms with Gasteiger partial charge in [0.05, 0.1) is 5.56 Å². The third-order valence-electron chi connectivity index (χ3n) is 4.38. The summed E-state index contributed by atoms with van der Waals surface area (Å²) >= 11 is 1.75. The van der Waals surface area contributed by atoms with E-state index in [1.807, 2.05) is 78.6 Å². The number of amides is 1. The monoisotopic (exact) mass is 373 g/mol. The van der Waals surface area contributed by atoms with Crippen LogP contribution in [0.3, 0.4) is 0 Å². The van der Waals surface area contributed by atoms with E-state index < -0.39 is 0 Å². The zero-order chi connectivity index (χ0) is 18.6. The fraction of sp³-hybridized carbons (Fsp3) is 0.0909. The van der Waals surface area contributed by atoms with Gasteiger partial charge in [-0.05, 0) is 42.0 Å². The number of benzene rings is 2. The quantitative estimate of drug-likeness (QED) is 0.494. The lowest BCUT2D eigenvalue weighted by molar-refractivity contribution is 0.102. The van der Waals surface area contributed by atoms with E-state index in [1.54, 1.807) is 18.0 Å². The van der Waals surface area contributed by atoms with Crippen LogP contribution in [0.4, 0.5) is 5.69 Å². The molecular formula is C22H19N3OS. The number of nitrogens with zero attached hydrogens (tertiary/aromatic N) is 2. The summed E-state index contributed by atoms with van der Waals surface area (Å²) < 4.78 is 1.97. The van der Waals surface area contributed by atoms with Gasteiger partial charge >= 0.3 is 0 Å². The van der Waals surface area contributed by atoms with E-state index in [0.717, 1.165) is 27.2 Å². The molecule has 0 unspecified atom stereocenters. The van der Waals surface area contributed by atoms with Gasteiger partial charge in [-0.1, -0.05) is 24.3 Å². The lowest BCUT2D eigenvalue weighted by atomic mass is 10.1. The van der Waals surface area contributed by atoms with Crippen molar-refractivity contribution in [2.75, 3.05) is 5.32 Å². The molecular weight excluding hydrogens is 354 g/mol. The molecule has 134 valence electrons. The second-order valence-corrected chi connectivity index (χ2v) is 7.35. The van der Waals surface area contributed by atoms with Gasteiger partial charge in [0.15, 0.2) is 0 Å². The molecule has 0 spiro atoms. The summed E-state index contributed by atoms with van der Waals surface area (Å²) in [6, 6.07) is 19.9. The van der Waals surface area contributed by atoms with Crippen LogP contribution in [0.15, 0.2) is 84.1 Å². The number of carbonyl (C=O) groups is 1. The minimum Gasteiger partial charge on any atom is -0.350 e. The molecule has 1 N–H and O–H groups in total. The summed E-state index contributed by atoms with van der Waals surface area (Å²) in [6.45, 7) is 0. The Morgan fingerprint density at radius 2 is 1.89 bits per heavy atom. The van der Waals surface area contributed by atoms with Crippen LogP contribution in [-0.4, -0.2) is 15.5 Å². The number of para-hydroxylation sites is 1. The van der Waals surface area contributed by atoms with Crippen molar-refractivity contribution in [1.29, 1.82) is 0 Å². The Balaban J connectivity index is 1.44. The predicted molar refractivity (Wildman–Crippen MR) is 111 cm³/mol. The standard InChI is InChI=1S/C22H19N3OS/c1-25-14-20(19-6-2-3-7-21(19)25)22(26)24-17-8-10-18(11-9-17)27-15-16-5-4-12-23-13-16/h2-14H,15H2,1H3,(H,24,26). The van der Waals surface area contributed by atoms with Crippen LogP contribution in [0.2, 0.25) is 0 Å². The fourth-order valence-corrected chi connectivity index (χ4v) is 3.84.